The molecule has 1 saturated carbocycles. The Morgan fingerprint density at radius 1 is 1.33 bits per heavy atom. The number of hydrogen-bond donors (Lipinski definition) is 1. The molecule has 0 saturated heterocycles. The molecule has 1 aliphatic rings. The summed E-state index contributed by atoms with van der Waals surface area (Å²) in [6.45, 7) is 0.682. The monoisotopic (exact) mass is 128 g/mol. The molecule has 1 aliphatic carbocycles. The second-order valence-electron chi connectivity index (χ2n) is 2.64. The third-order valence-corrected chi connectivity index (χ3v) is 1.89. The summed E-state index contributed by atoms with van der Waals surface area (Å²) in [6, 6.07) is 0.666. The van der Waals surface area contributed by atoms with Crippen molar-refractivity contribution in [1.29, 1.82) is 0 Å². The number of rotatable bonds is 3. The molecule has 0 bridgehead atoms. The molecule has 9 heavy (non-hydrogen) atoms. The van der Waals surface area contributed by atoms with Crippen LogP contribution in [0.25, 0.3) is 0 Å². The molecule has 2 nitrogen and oxygen atoms in total. The molecule has 1 rings (SSSR count). The molecule has 0 atom stereocenters. The molecular formula is C7H14NO. The highest BCUT2D eigenvalue weighted by molar-refractivity contribution is 4.72. The van der Waals surface area contributed by atoms with Crippen LogP contribution in [0.3, 0.4) is 0 Å². The molecule has 0 aliphatic heterocycles. The Hall–Kier alpha value is -0.0800. The van der Waals surface area contributed by atoms with Crippen molar-refractivity contribution < 1.29 is 5.11 Å². The van der Waals surface area contributed by atoms with Crippen molar-refractivity contribution in [3.63, 3.8) is 0 Å². The van der Waals surface area contributed by atoms with E-state index in [4.69, 9.17) is 0 Å². The van der Waals surface area contributed by atoms with Crippen molar-refractivity contribution in [3.05, 3.63) is 0 Å². The van der Waals surface area contributed by atoms with Crippen LogP contribution in [0.1, 0.15) is 25.7 Å². The number of hydrogen-bond acceptors (Lipinski definition) is 1. The predicted molar refractivity (Wildman–Crippen MR) is 35.8 cm³/mol. The van der Waals surface area contributed by atoms with Gasteiger partial charge < -0.3 is 5.32 Å². The molecule has 53 valence electrons. The van der Waals surface area contributed by atoms with E-state index >= 15 is 0 Å². The summed E-state index contributed by atoms with van der Waals surface area (Å²) in [4.78, 5) is 0. The van der Waals surface area contributed by atoms with E-state index in [9.17, 15) is 5.11 Å². The van der Waals surface area contributed by atoms with E-state index < -0.39 is 0 Å². The Bertz CT molecular complexity index is 69.3. The van der Waals surface area contributed by atoms with Gasteiger partial charge in [0.1, 0.15) is 0 Å². The van der Waals surface area contributed by atoms with Gasteiger partial charge in [-0.15, -0.1) is 0 Å². The van der Waals surface area contributed by atoms with E-state index in [-0.39, 0.29) is 6.61 Å². The van der Waals surface area contributed by atoms with Crippen molar-refractivity contribution in [1.82, 2.24) is 5.32 Å². The molecule has 0 heterocycles. The van der Waals surface area contributed by atoms with Crippen molar-refractivity contribution in [2.24, 2.45) is 0 Å². The summed E-state index contributed by atoms with van der Waals surface area (Å²) < 4.78 is 0. The lowest BCUT2D eigenvalue weighted by atomic mass is 10.2. The minimum Gasteiger partial charge on any atom is -0.312 e. The molecule has 0 aromatic heterocycles. The Morgan fingerprint density at radius 3 is 2.56 bits per heavy atom. The van der Waals surface area contributed by atoms with Gasteiger partial charge in [-0.1, -0.05) is 12.8 Å². The lowest BCUT2D eigenvalue weighted by Crippen LogP contribution is -2.28. The fourth-order valence-corrected chi connectivity index (χ4v) is 1.39. The van der Waals surface area contributed by atoms with E-state index in [1.54, 1.807) is 0 Å². The van der Waals surface area contributed by atoms with E-state index in [1.165, 1.54) is 25.7 Å². The summed E-state index contributed by atoms with van der Waals surface area (Å²) in [5.41, 5.74) is 0. The molecule has 0 aromatic carbocycles. The van der Waals surface area contributed by atoms with Gasteiger partial charge in [-0.3, -0.25) is 0 Å². The maximum atomic E-state index is 10.0. The SMILES string of the molecule is [O]CCNC1CCCC1. The van der Waals surface area contributed by atoms with Gasteiger partial charge in [0, 0.05) is 12.6 Å². The first-order valence-electron chi connectivity index (χ1n) is 3.75. The number of nitrogens with one attached hydrogen (secondary N) is 1. The van der Waals surface area contributed by atoms with Gasteiger partial charge in [0.15, 0.2) is 0 Å². The Morgan fingerprint density at radius 2 is 2.00 bits per heavy atom. The standard InChI is InChI=1S/C7H14NO/c9-6-5-8-7-3-1-2-4-7/h7-8H,1-6H2. The molecule has 1 fully saturated rings. The second-order valence-corrected chi connectivity index (χ2v) is 2.64. The van der Waals surface area contributed by atoms with Crippen LogP contribution in [0.4, 0.5) is 0 Å². The molecule has 0 unspecified atom stereocenters. The summed E-state index contributed by atoms with van der Waals surface area (Å²) in [5, 5.41) is 13.2. The van der Waals surface area contributed by atoms with Crippen LogP contribution in [-0.2, 0) is 5.11 Å². The summed E-state index contributed by atoms with van der Waals surface area (Å²) in [6.07, 6.45) is 5.24. The fourth-order valence-electron chi connectivity index (χ4n) is 1.39. The zero-order valence-corrected chi connectivity index (χ0v) is 5.73. The molecule has 1 N–H and O–H groups in total. The van der Waals surface area contributed by atoms with Crippen molar-refractivity contribution in [3.8, 4) is 0 Å². The average Bonchev–Trinajstić information content (AvgIpc) is 2.34. The van der Waals surface area contributed by atoms with Crippen molar-refractivity contribution in [2.75, 3.05) is 13.2 Å². The highest BCUT2D eigenvalue weighted by Gasteiger charge is 2.12. The molecule has 0 aromatic rings. The van der Waals surface area contributed by atoms with Crippen LogP contribution in [0.15, 0.2) is 0 Å². The minimum absolute atomic E-state index is 0.0243. The molecule has 2 heteroatoms. The third-order valence-electron chi connectivity index (χ3n) is 1.89. The van der Waals surface area contributed by atoms with Gasteiger partial charge >= 0.3 is 0 Å². The predicted octanol–water partition coefficient (Wildman–Crippen LogP) is 0.949. The maximum Gasteiger partial charge on any atom is 0.0946 e. The van der Waals surface area contributed by atoms with Gasteiger partial charge in [-0.25, -0.2) is 5.11 Å². The Kier molecular flexibility index (Phi) is 3.01. The topological polar surface area (TPSA) is 31.9 Å². The van der Waals surface area contributed by atoms with E-state index in [0.717, 1.165) is 0 Å². The Balaban J connectivity index is 1.98. The molecule has 1 radical (unpaired) electrons. The average molecular weight is 128 g/mol. The Labute approximate surface area is 56.3 Å². The lowest BCUT2D eigenvalue weighted by molar-refractivity contribution is 0.190. The lowest BCUT2D eigenvalue weighted by Gasteiger charge is -2.08. The van der Waals surface area contributed by atoms with Crippen LogP contribution in [-0.4, -0.2) is 19.2 Å². The van der Waals surface area contributed by atoms with Gasteiger partial charge in [0.2, 0.25) is 0 Å². The molecule has 0 spiro atoms. The maximum absolute atomic E-state index is 10.0. The first kappa shape index (κ1) is 7.03. The normalized spacial score (nSPS) is 21.0. The van der Waals surface area contributed by atoms with Gasteiger partial charge in [-0.2, -0.15) is 0 Å². The first-order chi connectivity index (χ1) is 4.43. The largest absolute Gasteiger partial charge is 0.312 e. The summed E-state index contributed by atoms with van der Waals surface area (Å²) in [5.74, 6) is 0. The molecule has 0 amide bonds. The van der Waals surface area contributed by atoms with E-state index in [0.29, 0.717) is 12.6 Å². The smallest absolute Gasteiger partial charge is 0.0946 e. The summed E-state index contributed by atoms with van der Waals surface area (Å²) in [7, 11) is 0. The minimum atomic E-state index is 0.0243. The second kappa shape index (κ2) is 3.85. The fraction of sp³-hybridized carbons (Fsp3) is 1.00. The highest BCUT2D eigenvalue weighted by Crippen LogP contribution is 2.16. The zero-order chi connectivity index (χ0) is 6.53. The van der Waals surface area contributed by atoms with Crippen LogP contribution in [0, 0.1) is 0 Å². The first-order valence-corrected chi connectivity index (χ1v) is 3.75. The highest BCUT2D eigenvalue weighted by atomic mass is 16.3. The molecular weight excluding hydrogens is 114 g/mol. The quantitative estimate of drug-likeness (QED) is 0.603. The van der Waals surface area contributed by atoms with Crippen LogP contribution < -0.4 is 5.32 Å². The van der Waals surface area contributed by atoms with Gasteiger partial charge in [-0.05, 0) is 12.8 Å². The van der Waals surface area contributed by atoms with Crippen LogP contribution in [0.5, 0.6) is 0 Å². The van der Waals surface area contributed by atoms with Crippen LogP contribution >= 0.6 is 0 Å². The van der Waals surface area contributed by atoms with Crippen LogP contribution in [0.2, 0.25) is 0 Å². The van der Waals surface area contributed by atoms with Gasteiger partial charge in [0.25, 0.3) is 0 Å². The van der Waals surface area contributed by atoms with Crippen molar-refractivity contribution >= 4 is 0 Å². The summed E-state index contributed by atoms with van der Waals surface area (Å²) >= 11 is 0. The van der Waals surface area contributed by atoms with Gasteiger partial charge in [0.05, 0.1) is 6.61 Å². The van der Waals surface area contributed by atoms with E-state index in [2.05, 4.69) is 5.32 Å². The van der Waals surface area contributed by atoms with Crippen molar-refractivity contribution in [2.45, 2.75) is 31.7 Å². The third kappa shape index (κ3) is 2.33. The van der Waals surface area contributed by atoms with E-state index in [1.807, 2.05) is 0 Å². The zero-order valence-electron chi connectivity index (χ0n) is 5.73.